The Morgan fingerprint density at radius 1 is 1.00 bits per heavy atom. The smallest absolute Gasteiger partial charge is 0.106 e. The average Bonchev–Trinajstić information content (AvgIpc) is 2.74. The molecule has 1 N–H and O–H groups in total. The molecule has 2 aromatic rings. The van der Waals surface area contributed by atoms with Gasteiger partial charge in [0.15, 0.2) is 0 Å². The fraction of sp³-hybridized carbons (Fsp3) is 0.474. The van der Waals surface area contributed by atoms with E-state index < -0.39 is 0 Å². The van der Waals surface area contributed by atoms with E-state index in [2.05, 4.69) is 51.2 Å². The van der Waals surface area contributed by atoms with Crippen molar-refractivity contribution in [3.63, 3.8) is 0 Å². The zero-order valence-corrected chi connectivity index (χ0v) is 14.1. The Balaban J connectivity index is 2.51. The van der Waals surface area contributed by atoms with Gasteiger partial charge < -0.3 is 9.73 Å². The van der Waals surface area contributed by atoms with Gasteiger partial charge in [0.25, 0.3) is 0 Å². The predicted octanol–water partition coefficient (Wildman–Crippen LogP) is 4.64. The Bertz CT molecular complexity index is 625. The largest absolute Gasteiger partial charge is 0.466 e. The molecule has 0 bridgehead atoms. The maximum absolute atomic E-state index is 5.81. The van der Waals surface area contributed by atoms with Crippen LogP contribution in [0, 0.1) is 20.8 Å². The highest BCUT2D eigenvalue weighted by atomic mass is 16.3. The van der Waals surface area contributed by atoms with Crippen molar-refractivity contribution in [1.82, 2.24) is 5.32 Å². The van der Waals surface area contributed by atoms with Crippen LogP contribution in [-0.4, -0.2) is 7.05 Å². The van der Waals surface area contributed by atoms with Crippen LogP contribution < -0.4 is 5.32 Å². The molecular formula is C19H27NO. The first-order chi connectivity index (χ1) is 10.0. The van der Waals surface area contributed by atoms with E-state index in [1.807, 2.05) is 14.0 Å². The second-order valence-corrected chi connectivity index (χ2v) is 5.71. The lowest BCUT2D eigenvalue weighted by molar-refractivity contribution is 0.495. The van der Waals surface area contributed by atoms with Crippen LogP contribution >= 0.6 is 0 Å². The van der Waals surface area contributed by atoms with E-state index in [-0.39, 0.29) is 6.04 Å². The monoisotopic (exact) mass is 285 g/mol. The summed E-state index contributed by atoms with van der Waals surface area (Å²) in [7, 11) is 2.02. The highest BCUT2D eigenvalue weighted by Gasteiger charge is 2.21. The average molecular weight is 285 g/mol. The van der Waals surface area contributed by atoms with Gasteiger partial charge in [0.2, 0.25) is 0 Å². The van der Waals surface area contributed by atoms with E-state index >= 15 is 0 Å². The third-order valence-electron chi connectivity index (χ3n) is 4.52. The molecule has 2 heteroatoms. The van der Waals surface area contributed by atoms with Crippen molar-refractivity contribution in [2.24, 2.45) is 0 Å². The van der Waals surface area contributed by atoms with E-state index in [9.17, 15) is 0 Å². The molecule has 1 unspecified atom stereocenters. The molecule has 2 rings (SSSR count). The Kier molecular flexibility index (Phi) is 4.89. The van der Waals surface area contributed by atoms with Crippen LogP contribution in [0.5, 0.6) is 0 Å². The van der Waals surface area contributed by atoms with Gasteiger partial charge in [-0.15, -0.1) is 0 Å². The summed E-state index contributed by atoms with van der Waals surface area (Å²) in [5.74, 6) is 2.03. The molecule has 0 saturated carbocycles. The molecule has 114 valence electrons. The number of hydrogen-bond donors (Lipinski definition) is 1. The molecule has 0 saturated heterocycles. The highest BCUT2D eigenvalue weighted by molar-refractivity contribution is 5.43. The molecule has 1 aromatic heterocycles. The van der Waals surface area contributed by atoms with Crippen LogP contribution in [0.3, 0.4) is 0 Å². The standard InChI is InChI=1S/C19H27NO/c1-7-15-9-10-17(11-16(15)8-2)19(20-6)18-12(3)13(4)21-14(18)5/h9-11,19-20H,7-8H2,1-6H3. The van der Waals surface area contributed by atoms with Crippen molar-refractivity contribution in [3.05, 3.63) is 57.5 Å². The fourth-order valence-electron chi connectivity index (χ4n) is 3.21. The minimum Gasteiger partial charge on any atom is -0.466 e. The van der Waals surface area contributed by atoms with Crippen LogP contribution in [0.1, 0.15) is 59.2 Å². The zero-order chi connectivity index (χ0) is 15.6. The zero-order valence-electron chi connectivity index (χ0n) is 14.1. The number of hydrogen-bond acceptors (Lipinski definition) is 2. The molecule has 0 spiro atoms. The molecule has 0 fully saturated rings. The summed E-state index contributed by atoms with van der Waals surface area (Å²) >= 11 is 0. The molecule has 1 atom stereocenters. The van der Waals surface area contributed by atoms with Gasteiger partial charge in [-0.1, -0.05) is 32.0 Å². The molecule has 0 aliphatic carbocycles. The van der Waals surface area contributed by atoms with E-state index in [1.165, 1.54) is 27.8 Å². The first kappa shape index (κ1) is 15.8. The van der Waals surface area contributed by atoms with Crippen LogP contribution in [0.2, 0.25) is 0 Å². The van der Waals surface area contributed by atoms with Crippen molar-refractivity contribution in [3.8, 4) is 0 Å². The van der Waals surface area contributed by atoms with Gasteiger partial charge in [-0.25, -0.2) is 0 Å². The second kappa shape index (κ2) is 6.48. The lowest BCUT2D eigenvalue weighted by Crippen LogP contribution is -2.19. The van der Waals surface area contributed by atoms with Gasteiger partial charge in [0, 0.05) is 5.56 Å². The summed E-state index contributed by atoms with van der Waals surface area (Å²) in [5, 5.41) is 3.46. The van der Waals surface area contributed by atoms with E-state index in [4.69, 9.17) is 4.42 Å². The molecule has 21 heavy (non-hydrogen) atoms. The summed E-state index contributed by atoms with van der Waals surface area (Å²) in [6.07, 6.45) is 2.17. The quantitative estimate of drug-likeness (QED) is 0.866. The summed E-state index contributed by atoms with van der Waals surface area (Å²) in [6, 6.07) is 7.07. The Morgan fingerprint density at radius 3 is 2.14 bits per heavy atom. The van der Waals surface area contributed by atoms with Crippen LogP contribution in [-0.2, 0) is 12.8 Å². The lowest BCUT2D eigenvalue weighted by atomic mass is 9.91. The molecular weight excluding hydrogens is 258 g/mol. The first-order valence-electron chi connectivity index (χ1n) is 7.88. The summed E-state index contributed by atoms with van der Waals surface area (Å²) < 4.78 is 5.81. The number of furan rings is 1. The summed E-state index contributed by atoms with van der Waals surface area (Å²) in [4.78, 5) is 0. The predicted molar refractivity (Wildman–Crippen MR) is 89.0 cm³/mol. The second-order valence-electron chi connectivity index (χ2n) is 5.71. The molecule has 0 aliphatic heterocycles. The Hall–Kier alpha value is -1.54. The minimum atomic E-state index is 0.193. The number of benzene rings is 1. The van der Waals surface area contributed by atoms with Crippen molar-refractivity contribution in [1.29, 1.82) is 0 Å². The molecule has 1 aromatic carbocycles. The SMILES string of the molecule is CCc1ccc(C(NC)c2c(C)oc(C)c2C)cc1CC. The van der Waals surface area contributed by atoms with Gasteiger partial charge in [-0.3, -0.25) is 0 Å². The van der Waals surface area contributed by atoms with E-state index in [0.29, 0.717) is 0 Å². The lowest BCUT2D eigenvalue weighted by Gasteiger charge is -2.19. The van der Waals surface area contributed by atoms with Gasteiger partial charge in [0.1, 0.15) is 11.5 Å². The maximum Gasteiger partial charge on any atom is 0.106 e. The summed E-state index contributed by atoms with van der Waals surface area (Å²) in [5.41, 5.74) is 6.75. The van der Waals surface area contributed by atoms with Gasteiger partial charge in [-0.05, 0) is 62.9 Å². The van der Waals surface area contributed by atoms with Crippen LogP contribution in [0.25, 0.3) is 0 Å². The molecule has 2 nitrogen and oxygen atoms in total. The topological polar surface area (TPSA) is 25.2 Å². The molecule has 0 aliphatic rings. The molecule has 0 radical (unpaired) electrons. The van der Waals surface area contributed by atoms with Crippen molar-refractivity contribution >= 4 is 0 Å². The number of nitrogens with one attached hydrogen (secondary N) is 1. The highest BCUT2D eigenvalue weighted by Crippen LogP contribution is 2.32. The van der Waals surface area contributed by atoms with Crippen molar-refractivity contribution < 1.29 is 4.42 Å². The number of aryl methyl sites for hydroxylation is 4. The number of rotatable bonds is 5. The summed E-state index contributed by atoms with van der Waals surface area (Å²) in [6.45, 7) is 10.7. The minimum absolute atomic E-state index is 0.193. The first-order valence-corrected chi connectivity index (χ1v) is 7.88. The van der Waals surface area contributed by atoms with Crippen molar-refractivity contribution in [2.45, 2.75) is 53.5 Å². The normalized spacial score (nSPS) is 12.7. The molecule has 1 heterocycles. The Labute approximate surface area is 128 Å². The van der Waals surface area contributed by atoms with Crippen LogP contribution in [0.4, 0.5) is 0 Å². The van der Waals surface area contributed by atoms with Crippen LogP contribution in [0.15, 0.2) is 22.6 Å². The van der Waals surface area contributed by atoms with E-state index in [0.717, 1.165) is 24.4 Å². The van der Waals surface area contributed by atoms with Gasteiger partial charge in [0.05, 0.1) is 6.04 Å². The Morgan fingerprint density at radius 2 is 1.67 bits per heavy atom. The van der Waals surface area contributed by atoms with Gasteiger partial charge in [-0.2, -0.15) is 0 Å². The maximum atomic E-state index is 5.81. The molecule has 0 amide bonds. The fourth-order valence-corrected chi connectivity index (χ4v) is 3.21. The van der Waals surface area contributed by atoms with Gasteiger partial charge >= 0.3 is 0 Å². The van der Waals surface area contributed by atoms with E-state index in [1.54, 1.807) is 0 Å². The van der Waals surface area contributed by atoms with Crippen molar-refractivity contribution in [2.75, 3.05) is 7.05 Å². The third-order valence-corrected chi connectivity index (χ3v) is 4.52. The third kappa shape index (κ3) is 2.91.